The third-order valence-electron chi connectivity index (χ3n) is 2.02. The predicted octanol–water partition coefficient (Wildman–Crippen LogP) is 2.81. The van der Waals surface area contributed by atoms with Gasteiger partial charge in [-0.15, -0.1) is 0 Å². The molecule has 1 aromatic carbocycles. The first-order valence-corrected chi connectivity index (χ1v) is 4.16. The molecule has 0 spiro atoms. The maximum absolute atomic E-state index is 5.41. The summed E-state index contributed by atoms with van der Waals surface area (Å²) in [4.78, 5) is 0.527. The third-order valence-corrected chi connectivity index (χ3v) is 2.37. The van der Waals surface area contributed by atoms with Crippen LogP contribution in [-0.4, -0.2) is 4.57 Å². The van der Waals surface area contributed by atoms with Gasteiger partial charge in [-0.05, 0) is 30.8 Å². The van der Waals surface area contributed by atoms with Gasteiger partial charge in [0.2, 0.25) is 0 Å². The van der Waals surface area contributed by atoms with E-state index in [1.165, 1.54) is 0 Å². The van der Waals surface area contributed by atoms with Crippen LogP contribution in [0.5, 0.6) is 0 Å². The Hall–Kier alpha value is -1.09. The Morgan fingerprint density at radius 1 is 1.42 bits per heavy atom. The maximum atomic E-state index is 5.41. The molecule has 0 saturated heterocycles. The van der Waals surface area contributed by atoms with E-state index < -0.39 is 0 Å². The van der Waals surface area contributed by atoms with Gasteiger partial charge in [0, 0.05) is 7.05 Å². The predicted molar refractivity (Wildman–Crippen MR) is 50.8 cm³/mol. The van der Waals surface area contributed by atoms with E-state index in [9.17, 15) is 0 Å². The minimum absolute atomic E-state index is 0.527. The van der Waals surface area contributed by atoms with Crippen LogP contribution in [0.15, 0.2) is 22.6 Å². The number of rotatable bonds is 0. The topological polar surface area (TPSA) is 18.1 Å². The monoisotopic (exact) mass is 179 g/mol. The van der Waals surface area contributed by atoms with E-state index in [1.807, 2.05) is 36.7 Å². The van der Waals surface area contributed by atoms with Crippen molar-refractivity contribution in [1.82, 2.24) is 4.57 Å². The number of aryl methyl sites for hydroxylation is 2. The van der Waals surface area contributed by atoms with Crippen molar-refractivity contribution in [2.24, 2.45) is 7.05 Å². The first-order valence-electron chi connectivity index (χ1n) is 3.75. The molecule has 0 radical (unpaired) electrons. The van der Waals surface area contributed by atoms with Crippen molar-refractivity contribution in [3.05, 3.63) is 28.6 Å². The molecule has 0 fully saturated rings. The molecule has 0 amide bonds. The molecule has 12 heavy (non-hydrogen) atoms. The van der Waals surface area contributed by atoms with E-state index in [0.29, 0.717) is 4.84 Å². The van der Waals surface area contributed by atoms with Gasteiger partial charge in [0.05, 0.1) is 5.52 Å². The maximum Gasteiger partial charge on any atom is 0.269 e. The molecule has 3 heteroatoms. The highest BCUT2D eigenvalue weighted by atomic mass is 32.1. The highest BCUT2D eigenvalue weighted by Crippen LogP contribution is 2.19. The summed E-state index contributed by atoms with van der Waals surface area (Å²) >= 11 is 5.01. The molecule has 0 aliphatic heterocycles. The van der Waals surface area contributed by atoms with Gasteiger partial charge in [0.1, 0.15) is 0 Å². The fourth-order valence-electron chi connectivity index (χ4n) is 1.29. The molecule has 2 aromatic rings. The smallest absolute Gasteiger partial charge is 0.269 e. The first-order chi connectivity index (χ1) is 5.70. The van der Waals surface area contributed by atoms with E-state index in [4.69, 9.17) is 16.6 Å². The zero-order valence-corrected chi connectivity index (χ0v) is 7.81. The van der Waals surface area contributed by atoms with Crippen LogP contribution in [0.3, 0.4) is 0 Å². The van der Waals surface area contributed by atoms with Gasteiger partial charge in [-0.1, -0.05) is 12.1 Å². The number of hydrogen-bond donors (Lipinski definition) is 0. The van der Waals surface area contributed by atoms with E-state index in [0.717, 1.165) is 16.7 Å². The van der Waals surface area contributed by atoms with Crippen LogP contribution in [-0.2, 0) is 7.05 Å². The fraction of sp³-hybridized carbons (Fsp3) is 0.222. The fourth-order valence-corrected chi connectivity index (χ4v) is 1.47. The van der Waals surface area contributed by atoms with E-state index >= 15 is 0 Å². The molecular weight excluding hydrogens is 170 g/mol. The Morgan fingerprint density at radius 3 is 2.83 bits per heavy atom. The number of benzene rings is 1. The molecule has 0 atom stereocenters. The molecule has 0 saturated carbocycles. The molecule has 62 valence electrons. The molecule has 0 aliphatic carbocycles. The van der Waals surface area contributed by atoms with Gasteiger partial charge >= 0.3 is 0 Å². The van der Waals surface area contributed by atoms with Crippen molar-refractivity contribution in [3.8, 4) is 0 Å². The minimum Gasteiger partial charge on any atom is -0.429 e. The van der Waals surface area contributed by atoms with Crippen molar-refractivity contribution in [1.29, 1.82) is 0 Å². The first kappa shape index (κ1) is 7.55. The molecule has 2 rings (SSSR count). The summed E-state index contributed by atoms with van der Waals surface area (Å²) in [5, 5.41) is 0. The highest BCUT2D eigenvalue weighted by molar-refractivity contribution is 7.71. The quantitative estimate of drug-likeness (QED) is 0.579. The van der Waals surface area contributed by atoms with Crippen LogP contribution < -0.4 is 0 Å². The number of oxazole rings is 1. The van der Waals surface area contributed by atoms with Crippen LogP contribution in [0.2, 0.25) is 0 Å². The molecule has 1 aromatic heterocycles. The van der Waals surface area contributed by atoms with Gasteiger partial charge in [-0.2, -0.15) is 0 Å². The summed E-state index contributed by atoms with van der Waals surface area (Å²) < 4.78 is 7.28. The zero-order valence-electron chi connectivity index (χ0n) is 7.00. The molecule has 2 nitrogen and oxygen atoms in total. The molecule has 0 N–H and O–H groups in total. The van der Waals surface area contributed by atoms with Gasteiger partial charge in [-0.3, -0.25) is 0 Å². The third kappa shape index (κ3) is 0.898. The average molecular weight is 179 g/mol. The summed E-state index contributed by atoms with van der Waals surface area (Å²) in [6.45, 7) is 2.01. The summed E-state index contributed by atoms with van der Waals surface area (Å²) in [7, 11) is 1.91. The molecule has 0 bridgehead atoms. The summed E-state index contributed by atoms with van der Waals surface area (Å²) in [6.07, 6.45) is 0. The SMILES string of the molecule is Cc1cccc2c1oc(=S)n2C. The standard InChI is InChI=1S/C9H9NOS/c1-6-4-3-5-7-8(6)11-9(12)10(7)2/h3-5H,1-2H3. The second-order valence-corrected chi connectivity index (χ2v) is 3.20. The Morgan fingerprint density at radius 2 is 2.17 bits per heavy atom. The Kier molecular flexibility index (Phi) is 1.54. The summed E-state index contributed by atoms with van der Waals surface area (Å²) in [6, 6.07) is 6.02. The number of hydrogen-bond acceptors (Lipinski definition) is 2. The highest BCUT2D eigenvalue weighted by Gasteiger charge is 2.03. The van der Waals surface area contributed by atoms with Crippen molar-refractivity contribution in [2.45, 2.75) is 6.92 Å². The molecule has 0 aliphatic rings. The molecular formula is C9H9NOS. The van der Waals surface area contributed by atoms with Crippen LogP contribution in [0.1, 0.15) is 5.56 Å². The average Bonchev–Trinajstić information content (AvgIpc) is 2.32. The number of aromatic nitrogens is 1. The second-order valence-electron chi connectivity index (χ2n) is 2.85. The van der Waals surface area contributed by atoms with Gasteiger partial charge < -0.3 is 8.98 Å². The van der Waals surface area contributed by atoms with Crippen molar-refractivity contribution in [3.63, 3.8) is 0 Å². The van der Waals surface area contributed by atoms with Gasteiger partial charge in [-0.25, -0.2) is 0 Å². The Balaban J connectivity index is 3.05. The van der Waals surface area contributed by atoms with Crippen molar-refractivity contribution >= 4 is 23.3 Å². The lowest BCUT2D eigenvalue weighted by molar-refractivity contribution is 0.557. The lowest BCUT2D eigenvalue weighted by Crippen LogP contribution is -1.85. The van der Waals surface area contributed by atoms with Crippen molar-refractivity contribution < 1.29 is 4.42 Å². The van der Waals surface area contributed by atoms with Crippen LogP contribution >= 0.6 is 12.2 Å². The molecule has 1 heterocycles. The second kappa shape index (κ2) is 2.45. The largest absolute Gasteiger partial charge is 0.429 e. The van der Waals surface area contributed by atoms with Crippen molar-refractivity contribution in [2.75, 3.05) is 0 Å². The van der Waals surface area contributed by atoms with E-state index in [-0.39, 0.29) is 0 Å². The summed E-state index contributed by atoms with van der Waals surface area (Å²) in [5.74, 6) is 0. The van der Waals surface area contributed by atoms with E-state index in [2.05, 4.69) is 0 Å². The number of nitrogens with zero attached hydrogens (tertiary/aromatic N) is 1. The lowest BCUT2D eigenvalue weighted by atomic mass is 10.2. The normalized spacial score (nSPS) is 10.8. The minimum atomic E-state index is 0.527. The number of fused-ring (bicyclic) bond motifs is 1. The molecule has 0 unspecified atom stereocenters. The van der Waals surface area contributed by atoms with Crippen LogP contribution in [0.25, 0.3) is 11.1 Å². The van der Waals surface area contributed by atoms with E-state index in [1.54, 1.807) is 0 Å². The van der Waals surface area contributed by atoms with Gasteiger partial charge in [0.25, 0.3) is 4.84 Å². The Bertz CT molecular complexity index is 481. The lowest BCUT2D eigenvalue weighted by Gasteiger charge is -1.93. The van der Waals surface area contributed by atoms with Gasteiger partial charge in [0.15, 0.2) is 5.58 Å². The zero-order chi connectivity index (χ0) is 8.72. The van der Waals surface area contributed by atoms with Crippen LogP contribution in [0, 0.1) is 11.8 Å². The number of para-hydroxylation sites is 1. The van der Waals surface area contributed by atoms with Crippen LogP contribution in [0.4, 0.5) is 0 Å². The summed E-state index contributed by atoms with van der Waals surface area (Å²) in [5.41, 5.74) is 3.07. The Labute approximate surface area is 75.4 Å².